The van der Waals surface area contributed by atoms with Crippen LogP contribution in [0.4, 0.5) is 10.1 Å². The summed E-state index contributed by atoms with van der Waals surface area (Å²) in [5.74, 6) is -0.343. The molecule has 0 aliphatic heterocycles. The molecule has 1 aromatic carbocycles. The van der Waals surface area contributed by atoms with E-state index in [9.17, 15) is 9.18 Å². The number of para-hydroxylation sites is 1. The largest absolute Gasteiger partial charge is 0.372 e. The summed E-state index contributed by atoms with van der Waals surface area (Å²) in [7, 11) is 1.84. The number of rotatable bonds is 8. The van der Waals surface area contributed by atoms with Gasteiger partial charge in [0.15, 0.2) is 0 Å². The monoisotopic (exact) mass is 281 g/mol. The predicted molar refractivity (Wildman–Crippen MR) is 80.2 cm³/mol. The second-order valence-corrected chi connectivity index (χ2v) is 4.91. The van der Waals surface area contributed by atoms with E-state index in [1.807, 2.05) is 18.9 Å². The van der Waals surface area contributed by atoms with E-state index in [0.717, 1.165) is 12.8 Å². The fraction of sp³-hybridized carbons (Fsp3) is 0.533. The second kappa shape index (κ2) is 8.53. The van der Waals surface area contributed by atoms with Crippen molar-refractivity contribution >= 4 is 11.6 Å². The Bertz CT molecular complexity index is 425. The number of carbonyl (C=O) groups is 1. The molecule has 0 radical (unpaired) electrons. The highest BCUT2D eigenvalue weighted by Gasteiger charge is 2.11. The molecule has 0 aliphatic carbocycles. The van der Waals surface area contributed by atoms with Crippen molar-refractivity contribution in [3.8, 4) is 0 Å². The van der Waals surface area contributed by atoms with Gasteiger partial charge in [-0.2, -0.15) is 0 Å². The van der Waals surface area contributed by atoms with E-state index in [1.54, 1.807) is 18.2 Å². The molecule has 1 rings (SSSR count). The molecule has 1 aromatic rings. The molecule has 0 aliphatic rings. The number of nitrogens with zero attached hydrogens (tertiary/aromatic N) is 1. The first kappa shape index (κ1) is 16.4. The minimum atomic E-state index is -0.427. The van der Waals surface area contributed by atoms with E-state index in [4.69, 9.17) is 5.73 Å². The topological polar surface area (TPSA) is 58.4 Å². The van der Waals surface area contributed by atoms with Crippen molar-refractivity contribution in [1.29, 1.82) is 0 Å². The van der Waals surface area contributed by atoms with Gasteiger partial charge in [0.2, 0.25) is 5.91 Å². The number of carbonyl (C=O) groups excluding carboxylic acids is 1. The Morgan fingerprint density at radius 3 is 2.80 bits per heavy atom. The molecular weight excluding hydrogens is 257 g/mol. The van der Waals surface area contributed by atoms with Gasteiger partial charge in [0.1, 0.15) is 5.82 Å². The zero-order valence-corrected chi connectivity index (χ0v) is 12.2. The Morgan fingerprint density at radius 2 is 2.15 bits per heavy atom. The van der Waals surface area contributed by atoms with Gasteiger partial charge >= 0.3 is 0 Å². The third-order valence-electron chi connectivity index (χ3n) is 3.17. The summed E-state index contributed by atoms with van der Waals surface area (Å²) in [5, 5.41) is 2.80. The van der Waals surface area contributed by atoms with Crippen LogP contribution < -0.4 is 16.0 Å². The SMILES string of the molecule is CCCC(N)C(=O)NCCCN(C)c1ccccc1F. The molecule has 5 heteroatoms. The predicted octanol–water partition coefficient (Wildman–Crippen LogP) is 1.90. The van der Waals surface area contributed by atoms with Crippen molar-refractivity contribution in [3.05, 3.63) is 30.1 Å². The van der Waals surface area contributed by atoms with Gasteiger partial charge in [-0.15, -0.1) is 0 Å². The fourth-order valence-corrected chi connectivity index (χ4v) is 1.98. The Kier molecular flexibility index (Phi) is 7.01. The summed E-state index contributed by atoms with van der Waals surface area (Å²) in [6.07, 6.45) is 2.33. The van der Waals surface area contributed by atoms with E-state index in [2.05, 4.69) is 5.32 Å². The van der Waals surface area contributed by atoms with Crippen molar-refractivity contribution in [1.82, 2.24) is 5.32 Å². The molecule has 4 nitrogen and oxygen atoms in total. The van der Waals surface area contributed by atoms with E-state index < -0.39 is 6.04 Å². The molecular formula is C15H24FN3O. The summed E-state index contributed by atoms with van der Waals surface area (Å²) < 4.78 is 13.5. The lowest BCUT2D eigenvalue weighted by atomic mass is 10.1. The first-order valence-corrected chi connectivity index (χ1v) is 7.05. The van der Waals surface area contributed by atoms with Crippen molar-refractivity contribution < 1.29 is 9.18 Å². The van der Waals surface area contributed by atoms with Crippen LogP contribution in [0.15, 0.2) is 24.3 Å². The molecule has 3 N–H and O–H groups in total. The quantitative estimate of drug-likeness (QED) is 0.715. The standard InChI is InChI=1S/C15H24FN3O/c1-3-7-13(17)15(20)18-10-6-11-19(2)14-9-5-4-8-12(14)16/h4-5,8-9,13H,3,6-7,10-11,17H2,1-2H3,(H,18,20). The van der Waals surface area contributed by atoms with Gasteiger partial charge < -0.3 is 16.0 Å². The maximum absolute atomic E-state index is 13.5. The summed E-state index contributed by atoms with van der Waals surface area (Å²) in [5.41, 5.74) is 6.28. The van der Waals surface area contributed by atoms with Gasteiger partial charge in [0.25, 0.3) is 0 Å². The lowest BCUT2D eigenvalue weighted by molar-refractivity contribution is -0.122. The zero-order chi connectivity index (χ0) is 15.0. The molecule has 112 valence electrons. The first-order chi connectivity index (χ1) is 9.56. The van der Waals surface area contributed by atoms with Crippen LogP contribution in [0, 0.1) is 5.82 Å². The molecule has 1 amide bonds. The maximum atomic E-state index is 13.5. The van der Waals surface area contributed by atoms with Gasteiger partial charge in [-0.05, 0) is 25.0 Å². The summed E-state index contributed by atoms with van der Waals surface area (Å²) in [4.78, 5) is 13.4. The van der Waals surface area contributed by atoms with Crippen LogP contribution in [-0.4, -0.2) is 32.1 Å². The average molecular weight is 281 g/mol. The number of hydrogen-bond acceptors (Lipinski definition) is 3. The van der Waals surface area contributed by atoms with Crippen LogP contribution in [-0.2, 0) is 4.79 Å². The van der Waals surface area contributed by atoms with Gasteiger partial charge in [-0.1, -0.05) is 25.5 Å². The Morgan fingerprint density at radius 1 is 1.45 bits per heavy atom. The molecule has 0 fully saturated rings. The van der Waals surface area contributed by atoms with Gasteiger partial charge in [0, 0.05) is 20.1 Å². The second-order valence-electron chi connectivity index (χ2n) is 4.91. The molecule has 20 heavy (non-hydrogen) atoms. The molecule has 0 aromatic heterocycles. The lowest BCUT2D eigenvalue weighted by Crippen LogP contribution is -2.41. The lowest BCUT2D eigenvalue weighted by Gasteiger charge is -2.20. The van der Waals surface area contributed by atoms with Crippen LogP contribution in [0.5, 0.6) is 0 Å². The zero-order valence-electron chi connectivity index (χ0n) is 12.2. The first-order valence-electron chi connectivity index (χ1n) is 7.05. The number of nitrogens with two attached hydrogens (primary N) is 1. The number of amides is 1. The molecule has 1 atom stereocenters. The average Bonchev–Trinajstić information content (AvgIpc) is 2.43. The number of anilines is 1. The van der Waals surface area contributed by atoms with Crippen LogP contribution in [0.1, 0.15) is 26.2 Å². The Hall–Kier alpha value is -1.62. The van der Waals surface area contributed by atoms with Gasteiger partial charge in [-0.25, -0.2) is 4.39 Å². The summed E-state index contributed by atoms with van der Waals surface area (Å²) in [6.45, 7) is 3.22. The van der Waals surface area contributed by atoms with E-state index in [-0.39, 0.29) is 11.7 Å². The summed E-state index contributed by atoms with van der Waals surface area (Å²) >= 11 is 0. The molecule has 0 heterocycles. The molecule has 0 saturated carbocycles. The highest BCUT2D eigenvalue weighted by molar-refractivity contribution is 5.81. The smallest absolute Gasteiger partial charge is 0.236 e. The van der Waals surface area contributed by atoms with Crippen molar-refractivity contribution in [2.45, 2.75) is 32.2 Å². The van der Waals surface area contributed by atoms with E-state index >= 15 is 0 Å². The van der Waals surface area contributed by atoms with Crippen molar-refractivity contribution in [3.63, 3.8) is 0 Å². The molecule has 1 unspecified atom stereocenters. The van der Waals surface area contributed by atoms with E-state index in [1.165, 1.54) is 6.07 Å². The van der Waals surface area contributed by atoms with Crippen LogP contribution in [0.3, 0.4) is 0 Å². The van der Waals surface area contributed by atoms with Gasteiger partial charge in [-0.3, -0.25) is 4.79 Å². The fourth-order valence-electron chi connectivity index (χ4n) is 1.98. The number of hydrogen-bond donors (Lipinski definition) is 2. The minimum Gasteiger partial charge on any atom is -0.372 e. The normalized spacial score (nSPS) is 12.0. The third kappa shape index (κ3) is 5.17. The Balaban J connectivity index is 2.28. The summed E-state index contributed by atoms with van der Waals surface area (Å²) in [6, 6.07) is 6.23. The minimum absolute atomic E-state index is 0.111. The highest BCUT2D eigenvalue weighted by Crippen LogP contribution is 2.16. The number of nitrogens with one attached hydrogen (secondary N) is 1. The van der Waals surface area contributed by atoms with E-state index in [0.29, 0.717) is 25.2 Å². The number of benzene rings is 1. The number of halogens is 1. The van der Waals surface area contributed by atoms with Crippen molar-refractivity contribution in [2.75, 3.05) is 25.0 Å². The van der Waals surface area contributed by atoms with Crippen LogP contribution in [0.25, 0.3) is 0 Å². The third-order valence-corrected chi connectivity index (χ3v) is 3.17. The molecule has 0 spiro atoms. The van der Waals surface area contributed by atoms with Crippen LogP contribution >= 0.6 is 0 Å². The molecule has 0 saturated heterocycles. The molecule has 0 bridgehead atoms. The Labute approximate surface area is 120 Å². The maximum Gasteiger partial charge on any atom is 0.236 e. The van der Waals surface area contributed by atoms with Crippen molar-refractivity contribution in [2.24, 2.45) is 5.73 Å². The van der Waals surface area contributed by atoms with Crippen LogP contribution in [0.2, 0.25) is 0 Å². The highest BCUT2D eigenvalue weighted by atomic mass is 19.1. The van der Waals surface area contributed by atoms with Gasteiger partial charge in [0.05, 0.1) is 11.7 Å².